The third kappa shape index (κ3) is 5.39. The molecular formula is C30H35NO7. The third-order valence-electron chi connectivity index (χ3n) is 6.97. The molecular weight excluding hydrogens is 486 g/mol. The van der Waals surface area contributed by atoms with Crippen LogP contribution in [-0.2, 0) is 14.3 Å². The van der Waals surface area contributed by atoms with Gasteiger partial charge in [-0.25, -0.2) is 0 Å². The Morgan fingerprint density at radius 1 is 0.947 bits per heavy atom. The van der Waals surface area contributed by atoms with E-state index >= 15 is 0 Å². The highest BCUT2D eigenvalue weighted by atomic mass is 16.6. The van der Waals surface area contributed by atoms with Crippen molar-refractivity contribution in [3.63, 3.8) is 0 Å². The Kier molecular flexibility index (Phi) is 8.09. The molecule has 8 nitrogen and oxygen atoms in total. The van der Waals surface area contributed by atoms with E-state index in [0.29, 0.717) is 58.4 Å². The molecule has 2 atom stereocenters. The van der Waals surface area contributed by atoms with Crippen molar-refractivity contribution in [1.29, 1.82) is 0 Å². The number of Topliss-reactive ketones (excluding diaryl/α,β-unsaturated/α-hetero) is 1. The number of methoxy groups -OCH3 is 3. The zero-order valence-electron chi connectivity index (χ0n) is 22.8. The smallest absolute Gasteiger partial charge is 0.315 e. The zero-order chi connectivity index (χ0) is 27.4. The monoisotopic (exact) mass is 521 g/mol. The Hall–Kier alpha value is -3.81. The molecule has 0 radical (unpaired) electrons. The van der Waals surface area contributed by atoms with E-state index in [4.69, 9.17) is 28.7 Å². The Morgan fingerprint density at radius 2 is 1.66 bits per heavy atom. The molecule has 202 valence electrons. The predicted molar refractivity (Wildman–Crippen MR) is 143 cm³/mol. The van der Waals surface area contributed by atoms with Crippen LogP contribution < -0.4 is 18.9 Å². The molecule has 0 saturated heterocycles. The van der Waals surface area contributed by atoms with Crippen LogP contribution in [0.1, 0.15) is 45.1 Å². The highest BCUT2D eigenvalue weighted by Crippen LogP contribution is 2.52. The molecule has 0 fully saturated rings. The highest BCUT2D eigenvalue weighted by Gasteiger charge is 2.47. The van der Waals surface area contributed by atoms with Crippen molar-refractivity contribution < 1.29 is 33.3 Å². The second-order valence-electron chi connectivity index (χ2n) is 10.3. The van der Waals surface area contributed by atoms with E-state index in [9.17, 15) is 9.59 Å². The lowest BCUT2D eigenvalue weighted by molar-refractivity contribution is -0.147. The first-order chi connectivity index (χ1) is 18.2. The summed E-state index contributed by atoms with van der Waals surface area (Å²) in [5.74, 6) is -0.00329. The summed E-state index contributed by atoms with van der Waals surface area (Å²) in [5.41, 5.74) is 2.24. The van der Waals surface area contributed by atoms with Gasteiger partial charge in [-0.3, -0.25) is 14.6 Å². The molecule has 0 aromatic heterocycles. The number of nitrogens with zero attached hydrogens (tertiary/aromatic N) is 1. The number of allylic oxidation sites excluding steroid dienone is 2. The van der Waals surface area contributed by atoms with Crippen LogP contribution in [0.25, 0.3) is 0 Å². The minimum absolute atomic E-state index is 0.0282. The molecule has 1 aliphatic heterocycles. The lowest BCUT2D eigenvalue weighted by Crippen LogP contribution is -2.40. The van der Waals surface area contributed by atoms with Gasteiger partial charge in [0.25, 0.3) is 0 Å². The standard InChI is InChI=1S/C30H35NO7/c1-18-24(29(33)38-15-14-37-19-10-8-7-9-11-19)25(26-21(31-18)16-30(2,3)17-22(26)32)20-12-13-23(34-4)28(36-6)27(20)35-5/h7-13,24-25H,14-17H2,1-6H3/t24?,25-/m0/s1. The predicted octanol–water partition coefficient (Wildman–Crippen LogP) is 5.15. The summed E-state index contributed by atoms with van der Waals surface area (Å²) < 4.78 is 28.2. The summed E-state index contributed by atoms with van der Waals surface area (Å²) in [4.78, 5) is 32.0. The van der Waals surface area contributed by atoms with Gasteiger partial charge in [0.2, 0.25) is 5.75 Å². The second-order valence-corrected chi connectivity index (χ2v) is 10.3. The van der Waals surface area contributed by atoms with Gasteiger partial charge in [0.05, 0.1) is 21.3 Å². The lowest BCUT2D eigenvalue weighted by atomic mass is 9.66. The van der Waals surface area contributed by atoms with E-state index < -0.39 is 17.8 Å². The second kappa shape index (κ2) is 11.3. The fourth-order valence-electron chi connectivity index (χ4n) is 5.36. The maximum Gasteiger partial charge on any atom is 0.315 e. The topological polar surface area (TPSA) is 92.7 Å². The number of hydrogen-bond acceptors (Lipinski definition) is 8. The first-order valence-electron chi connectivity index (χ1n) is 12.7. The van der Waals surface area contributed by atoms with Gasteiger partial charge in [-0.15, -0.1) is 0 Å². The molecule has 38 heavy (non-hydrogen) atoms. The highest BCUT2D eigenvalue weighted by molar-refractivity contribution is 6.09. The summed E-state index contributed by atoms with van der Waals surface area (Å²) in [7, 11) is 4.59. The number of carbonyl (C=O) groups excluding carboxylic acids is 2. The van der Waals surface area contributed by atoms with Crippen molar-refractivity contribution in [3.05, 3.63) is 59.3 Å². The van der Waals surface area contributed by atoms with Crippen molar-refractivity contribution in [3.8, 4) is 23.0 Å². The van der Waals surface area contributed by atoms with E-state index in [-0.39, 0.29) is 24.4 Å². The molecule has 0 bridgehead atoms. The van der Waals surface area contributed by atoms with Crippen LogP contribution >= 0.6 is 0 Å². The largest absolute Gasteiger partial charge is 0.493 e. The Balaban J connectivity index is 1.72. The number of rotatable bonds is 9. The number of hydrogen-bond donors (Lipinski definition) is 0. The van der Waals surface area contributed by atoms with Crippen molar-refractivity contribution in [2.75, 3.05) is 34.5 Å². The molecule has 1 aliphatic carbocycles. The number of aliphatic imine (C=N–C) groups is 1. The van der Waals surface area contributed by atoms with Gasteiger partial charge >= 0.3 is 5.97 Å². The Labute approximate surface area is 223 Å². The van der Waals surface area contributed by atoms with Crippen LogP contribution in [0.2, 0.25) is 0 Å². The van der Waals surface area contributed by atoms with E-state index in [0.717, 1.165) is 0 Å². The van der Waals surface area contributed by atoms with Crippen LogP contribution in [0.15, 0.2) is 58.7 Å². The van der Waals surface area contributed by atoms with Crippen LogP contribution in [0.3, 0.4) is 0 Å². The number of para-hydroxylation sites is 1. The maximum atomic E-state index is 13.6. The minimum Gasteiger partial charge on any atom is -0.493 e. The number of ether oxygens (including phenoxy) is 5. The van der Waals surface area contributed by atoms with E-state index in [1.807, 2.05) is 43.3 Å². The quantitative estimate of drug-likeness (QED) is 0.333. The summed E-state index contributed by atoms with van der Waals surface area (Å²) in [6.07, 6.45) is 0.989. The molecule has 2 aliphatic rings. The lowest BCUT2D eigenvalue weighted by Gasteiger charge is -2.39. The fraction of sp³-hybridized carbons (Fsp3) is 0.433. The summed E-state index contributed by atoms with van der Waals surface area (Å²) in [5, 5.41) is 0. The van der Waals surface area contributed by atoms with Gasteiger partial charge < -0.3 is 23.7 Å². The summed E-state index contributed by atoms with van der Waals surface area (Å²) in [6, 6.07) is 12.9. The van der Waals surface area contributed by atoms with Gasteiger partial charge in [-0.2, -0.15) is 0 Å². The van der Waals surface area contributed by atoms with Gasteiger partial charge in [0.1, 0.15) is 24.9 Å². The molecule has 1 heterocycles. The molecule has 2 aromatic rings. The van der Waals surface area contributed by atoms with Crippen molar-refractivity contribution >= 4 is 17.5 Å². The summed E-state index contributed by atoms with van der Waals surface area (Å²) in [6.45, 7) is 6.17. The molecule has 0 saturated carbocycles. The molecule has 0 amide bonds. The van der Waals surface area contributed by atoms with Crippen LogP contribution in [0.4, 0.5) is 0 Å². The van der Waals surface area contributed by atoms with E-state index in [1.54, 1.807) is 13.2 Å². The zero-order valence-corrected chi connectivity index (χ0v) is 22.8. The first kappa shape index (κ1) is 27.2. The van der Waals surface area contributed by atoms with E-state index in [2.05, 4.69) is 13.8 Å². The summed E-state index contributed by atoms with van der Waals surface area (Å²) >= 11 is 0. The molecule has 0 spiro atoms. The Bertz CT molecular complexity index is 1260. The van der Waals surface area contributed by atoms with Gasteiger partial charge in [-0.05, 0) is 37.0 Å². The van der Waals surface area contributed by atoms with Crippen LogP contribution in [0, 0.1) is 11.3 Å². The average molecular weight is 522 g/mol. The number of benzene rings is 2. The Morgan fingerprint density at radius 3 is 2.32 bits per heavy atom. The van der Waals surface area contributed by atoms with Gasteiger partial charge in [-0.1, -0.05) is 38.1 Å². The van der Waals surface area contributed by atoms with Crippen molar-refractivity contribution in [2.45, 2.75) is 39.5 Å². The average Bonchev–Trinajstić information content (AvgIpc) is 2.89. The molecule has 0 N–H and O–H groups in total. The maximum absolute atomic E-state index is 13.6. The minimum atomic E-state index is -0.817. The molecule has 2 aromatic carbocycles. The van der Waals surface area contributed by atoms with Gasteiger partial charge in [0.15, 0.2) is 17.3 Å². The van der Waals surface area contributed by atoms with Gasteiger partial charge in [0, 0.05) is 34.9 Å². The SMILES string of the molecule is COc1ccc([C@@H]2C3=C(CC(C)(C)CC3=O)N=C(C)C2C(=O)OCCOc2ccccc2)c(OC)c1OC. The normalized spacial score (nSPS) is 20.3. The van der Waals surface area contributed by atoms with Crippen LogP contribution in [-0.4, -0.2) is 52.0 Å². The first-order valence-corrected chi connectivity index (χ1v) is 12.7. The molecule has 4 rings (SSSR count). The molecule has 1 unspecified atom stereocenters. The number of carbonyl (C=O) groups is 2. The number of esters is 1. The van der Waals surface area contributed by atoms with Crippen LogP contribution in [0.5, 0.6) is 23.0 Å². The number of ketones is 1. The van der Waals surface area contributed by atoms with E-state index in [1.165, 1.54) is 14.2 Å². The molecule has 8 heteroatoms. The fourth-order valence-corrected chi connectivity index (χ4v) is 5.36. The van der Waals surface area contributed by atoms with Crippen molar-refractivity contribution in [2.24, 2.45) is 16.3 Å². The van der Waals surface area contributed by atoms with Crippen molar-refractivity contribution in [1.82, 2.24) is 0 Å². The third-order valence-corrected chi connectivity index (χ3v) is 6.97.